The van der Waals surface area contributed by atoms with Crippen LogP contribution in [0.5, 0.6) is 0 Å². The van der Waals surface area contributed by atoms with Crippen LogP contribution in [0, 0.1) is 0 Å². The minimum atomic E-state index is -0.707. The van der Waals surface area contributed by atoms with Gasteiger partial charge in [-0.05, 0) is 19.8 Å². The zero-order valence-corrected chi connectivity index (χ0v) is 8.46. The van der Waals surface area contributed by atoms with Crippen LogP contribution >= 0.6 is 0 Å². The molecule has 0 fully saturated rings. The Labute approximate surface area is 82.9 Å². The molecule has 0 spiro atoms. The van der Waals surface area contributed by atoms with Crippen LogP contribution in [0.2, 0.25) is 0 Å². The molecular weight excluding hydrogens is 184 g/mol. The number of ketones is 1. The summed E-state index contributed by atoms with van der Waals surface area (Å²) in [4.78, 5) is 32.0. The van der Waals surface area contributed by atoms with Gasteiger partial charge in [0.2, 0.25) is 0 Å². The van der Waals surface area contributed by atoms with Crippen LogP contribution in [0.3, 0.4) is 0 Å². The summed E-state index contributed by atoms with van der Waals surface area (Å²) in [6.45, 7) is 6.10. The number of hydrogen-bond donors (Lipinski definition) is 0. The Kier molecular flexibility index (Phi) is 5.44. The lowest BCUT2D eigenvalue weighted by molar-refractivity contribution is -0.155. The first kappa shape index (κ1) is 12.6. The van der Waals surface area contributed by atoms with Gasteiger partial charge in [0.15, 0.2) is 0 Å². The van der Waals surface area contributed by atoms with Crippen LogP contribution in [0.25, 0.3) is 0 Å². The summed E-state index contributed by atoms with van der Waals surface area (Å²) < 4.78 is 4.31. The van der Waals surface area contributed by atoms with Crippen molar-refractivity contribution in [3.8, 4) is 0 Å². The third-order valence-electron chi connectivity index (χ3n) is 1.53. The number of ether oxygens (including phenoxy) is 1. The summed E-state index contributed by atoms with van der Waals surface area (Å²) in [5.41, 5.74) is 0.224. The van der Waals surface area contributed by atoms with E-state index in [1.807, 2.05) is 0 Å². The Balaban J connectivity index is 3.79. The highest BCUT2D eigenvalue weighted by atomic mass is 16.6. The zero-order valence-electron chi connectivity index (χ0n) is 8.46. The topological polar surface area (TPSA) is 60.4 Å². The summed E-state index contributed by atoms with van der Waals surface area (Å²) in [7, 11) is 0. The van der Waals surface area contributed by atoms with E-state index in [2.05, 4.69) is 11.3 Å². The number of rotatable bonds is 5. The Morgan fingerprint density at radius 3 is 2.14 bits per heavy atom. The van der Waals surface area contributed by atoms with Crippen molar-refractivity contribution in [2.24, 2.45) is 0 Å². The molecule has 0 aromatic carbocycles. The van der Waals surface area contributed by atoms with Gasteiger partial charge in [-0.1, -0.05) is 6.58 Å². The second-order valence-corrected chi connectivity index (χ2v) is 3.04. The first-order valence-corrected chi connectivity index (χ1v) is 4.33. The van der Waals surface area contributed by atoms with E-state index in [0.717, 1.165) is 6.92 Å². The predicted molar refractivity (Wildman–Crippen MR) is 50.4 cm³/mol. The average molecular weight is 198 g/mol. The number of esters is 2. The molecule has 78 valence electrons. The van der Waals surface area contributed by atoms with Crippen molar-refractivity contribution in [1.29, 1.82) is 0 Å². The van der Waals surface area contributed by atoms with Crippen molar-refractivity contribution >= 4 is 17.7 Å². The summed E-state index contributed by atoms with van der Waals surface area (Å²) in [6.07, 6.45) is 1.35. The molecule has 0 aromatic heterocycles. The molecule has 14 heavy (non-hydrogen) atoms. The lowest BCUT2D eigenvalue weighted by Crippen LogP contribution is -2.11. The Bertz CT molecular complexity index is 265. The quantitative estimate of drug-likeness (QED) is 0.380. The fraction of sp³-hybridized carbons (Fsp3) is 0.500. The Morgan fingerprint density at radius 1 is 1.14 bits per heavy atom. The molecule has 0 N–H and O–H groups in total. The standard InChI is InChI=1S/C10H14O4/c1-7(5-4-6-8(2)11)10(13)14-9(3)12/h1,4-6H2,2-3H3. The second-order valence-electron chi connectivity index (χ2n) is 3.04. The van der Waals surface area contributed by atoms with E-state index in [-0.39, 0.29) is 11.4 Å². The molecule has 0 bridgehead atoms. The van der Waals surface area contributed by atoms with Crippen molar-refractivity contribution < 1.29 is 19.1 Å². The monoisotopic (exact) mass is 198 g/mol. The van der Waals surface area contributed by atoms with Gasteiger partial charge in [0.05, 0.1) is 0 Å². The van der Waals surface area contributed by atoms with Gasteiger partial charge in [-0.3, -0.25) is 4.79 Å². The highest BCUT2D eigenvalue weighted by Gasteiger charge is 2.10. The third-order valence-corrected chi connectivity index (χ3v) is 1.53. The van der Waals surface area contributed by atoms with Crippen LogP contribution in [-0.4, -0.2) is 17.7 Å². The second kappa shape index (κ2) is 6.07. The first-order valence-electron chi connectivity index (χ1n) is 4.33. The van der Waals surface area contributed by atoms with Crippen LogP contribution in [-0.2, 0) is 19.1 Å². The van der Waals surface area contributed by atoms with Crippen molar-refractivity contribution in [2.75, 3.05) is 0 Å². The van der Waals surface area contributed by atoms with Gasteiger partial charge in [-0.25, -0.2) is 4.79 Å². The van der Waals surface area contributed by atoms with Crippen molar-refractivity contribution in [3.63, 3.8) is 0 Å². The lowest BCUT2D eigenvalue weighted by Gasteiger charge is -2.02. The van der Waals surface area contributed by atoms with Gasteiger partial charge >= 0.3 is 11.9 Å². The number of Topliss-reactive ketones (excluding diaryl/α,β-unsaturated/α-hetero) is 1. The molecule has 0 saturated heterocycles. The predicted octanol–water partition coefficient (Wildman–Crippen LogP) is 1.39. The molecule has 0 rings (SSSR count). The smallest absolute Gasteiger partial charge is 0.341 e. The van der Waals surface area contributed by atoms with Gasteiger partial charge in [-0.2, -0.15) is 0 Å². The average Bonchev–Trinajstić information content (AvgIpc) is 2.01. The van der Waals surface area contributed by atoms with E-state index in [9.17, 15) is 14.4 Å². The zero-order chi connectivity index (χ0) is 11.1. The summed E-state index contributed by atoms with van der Waals surface area (Å²) >= 11 is 0. The molecule has 4 heteroatoms. The van der Waals surface area contributed by atoms with Gasteiger partial charge in [0.1, 0.15) is 5.78 Å². The van der Waals surface area contributed by atoms with Crippen molar-refractivity contribution in [2.45, 2.75) is 33.1 Å². The maximum absolute atomic E-state index is 11.0. The van der Waals surface area contributed by atoms with Crippen LogP contribution in [0.15, 0.2) is 12.2 Å². The summed E-state index contributed by atoms with van der Waals surface area (Å²) in [5.74, 6) is -1.29. The third kappa shape index (κ3) is 6.11. The molecule has 0 heterocycles. The molecule has 0 aliphatic heterocycles. The molecule has 0 atom stereocenters. The molecule has 0 saturated carbocycles. The van der Waals surface area contributed by atoms with Crippen LogP contribution in [0.4, 0.5) is 0 Å². The van der Waals surface area contributed by atoms with Gasteiger partial charge in [0, 0.05) is 18.9 Å². The van der Waals surface area contributed by atoms with Gasteiger partial charge < -0.3 is 9.53 Å². The minimum absolute atomic E-state index is 0.0673. The molecule has 0 aromatic rings. The molecule has 0 radical (unpaired) electrons. The SMILES string of the molecule is C=C(CCCC(C)=O)C(=O)OC(C)=O. The van der Waals surface area contributed by atoms with Crippen LogP contribution in [0.1, 0.15) is 33.1 Å². The normalized spacial score (nSPS) is 9.29. The highest BCUT2D eigenvalue weighted by molar-refractivity contribution is 5.95. The number of hydrogen-bond acceptors (Lipinski definition) is 4. The molecule has 0 aliphatic rings. The fourth-order valence-corrected chi connectivity index (χ4v) is 0.855. The number of carbonyl (C=O) groups is 3. The molecule has 0 unspecified atom stereocenters. The lowest BCUT2D eigenvalue weighted by atomic mass is 10.1. The van der Waals surface area contributed by atoms with E-state index in [1.54, 1.807) is 0 Å². The van der Waals surface area contributed by atoms with E-state index < -0.39 is 11.9 Å². The molecule has 0 aliphatic carbocycles. The van der Waals surface area contributed by atoms with Crippen molar-refractivity contribution in [1.82, 2.24) is 0 Å². The van der Waals surface area contributed by atoms with Crippen LogP contribution < -0.4 is 0 Å². The van der Waals surface area contributed by atoms with Gasteiger partial charge in [0.25, 0.3) is 0 Å². The fourth-order valence-electron chi connectivity index (χ4n) is 0.855. The van der Waals surface area contributed by atoms with E-state index in [1.165, 1.54) is 6.92 Å². The van der Waals surface area contributed by atoms with Crippen molar-refractivity contribution in [3.05, 3.63) is 12.2 Å². The van der Waals surface area contributed by atoms with E-state index in [4.69, 9.17) is 0 Å². The Morgan fingerprint density at radius 2 is 1.71 bits per heavy atom. The first-order chi connectivity index (χ1) is 6.43. The molecular formula is C10H14O4. The molecule has 4 nitrogen and oxygen atoms in total. The summed E-state index contributed by atoms with van der Waals surface area (Å²) in [5, 5.41) is 0. The summed E-state index contributed by atoms with van der Waals surface area (Å²) in [6, 6.07) is 0. The largest absolute Gasteiger partial charge is 0.390 e. The Hall–Kier alpha value is -1.45. The van der Waals surface area contributed by atoms with E-state index >= 15 is 0 Å². The number of carbonyl (C=O) groups excluding carboxylic acids is 3. The molecule has 0 amide bonds. The highest BCUT2D eigenvalue weighted by Crippen LogP contribution is 2.07. The maximum atomic E-state index is 11.0. The van der Waals surface area contributed by atoms with E-state index in [0.29, 0.717) is 19.3 Å². The van der Waals surface area contributed by atoms with Gasteiger partial charge in [-0.15, -0.1) is 0 Å². The minimum Gasteiger partial charge on any atom is -0.390 e. The maximum Gasteiger partial charge on any atom is 0.341 e.